The third-order valence-corrected chi connectivity index (χ3v) is 6.63. The van der Waals surface area contributed by atoms with Gasteiger partial charge in [0.25, 0.3) is 11.1 Å². The number of unbranched alkanes of at least 4 members (excludes halogenated alkanes) is 2. The Balaban J connectivity index is 1.48. The number of aromatic nitrogens is 6. The number of hydrogen-bond acceptors (Lipinski definition) is 6. The molecule has 9 heteroatoms. The van der Waals surface area contributed by atoms with Crippen molar-refractivity contribution < 1.29 is 0 Å². The Morgan fingerprint density at radius 2 is 1.68 bits per heavy atom. The van der Waals surface area contributed by atoms with Crippen LogP contribution in [0.5, 0.6) is 0 Å². The summed E-state index contributed by atoms with van der Waals surface area (Å²) in [4.78, 5) is 35.3. The number of thioether (sulfide) groups is 1. The molecular weight excluding hydrogens is 448 g/mol. The quantitative estimate of drug-likeness (QED) is 0.205. The first-order valence-corrected chi connectivity index (χ1v) is 12.3. The Kier molecular flexibility index (Phi) is 6.27. The molecule has 0 spiro atoms. The highest BCUT2D eigenvalue weighted by Crippen LogP contribution is 2.20. The van der Waals surface area contributed by atoms with Crippen molar-refractivity contribution in [2.24, 2.45) is 0 Å². The third-order valence-electron chi connectivity index (χ3n) is 5.71. The monoisotopic (exact) mass is 472 g/mol. The van der Waals surface area contributed by atoms with Gasteiger partial charge >= 0.3 is 0 Å². The lowest BCUT2D eigenvalue weighted by Gasteiger charge is -2.08. The average molecular weight is 473 g/mol. The summed E-state index contributed by atoms with van der Waals surface area (Å²) < 4.78 is 3.10. The van der Waals surface area contributed by atoms with E-state index in [2.05, 4.69) is 27.1 Å². The van der Waals surface area contributed by atoms with Crippen molar-refractivity contribution in [1.82, 2.24) is 29.3 Å². The third kappa shape index (κ3) is 4.38. The molecule has 0 aliphatic heterocycles. The minimum absolute atomic E-state index is 0.128. The van der Waals surface area contributed by atoms with Gasteiger partial charge in [0.2, 0.25) is 11.1 Å². The maximum Gasteiger partial charge on any atom is 0.266 e. The molecule has 0 radical (unpaired) electrons. The highest BCUT2D eigenvalue weighted by Gasteiger charge is 2.13. The van der Waals surface area contributed by atoms with Crippen LogP contribution in [0.25, 0.3) is 27.8 Å². The summed E-state index contributed by atoms with van der Waals surface area (Å²) in [6, 6.07) is 15.3. The first kappa shape index (κ1) is 22.1. The van der Waals surface area contributed by atoms with E-state index in [1.54, 1.807) is 29.1 Å². The van der Waals surface area contributed by atoms with E-state index >= 15 is 0 Å². The van der Waals surface area contributed by atoms with Crippen molar-refractivity contribution in [3.63, 3.8) is 0 Å². The van der Waals surface area contributed by atoms with E-state index < -0.39 is 0 Å². The number of benzene rings is 1. The molecule has 172 valence electrons. The van der Waals surface area contributed by atoms with Crippen molar-refractivity contribution in [3.05, 3.63) is 87.2 Å². The van der Waals surface area contributed by atoms with E-state index in [0.717, 1.165) is 25.0 Å². The first-order chi connectivity index (χ1) is 16.6. The molecule has 0 unspecified atom stereocenters. The summed E-state index contributed by atoms with van der Waals surface area (Å²) in [6.07, 6.45) is 6.49. The van der Waals surface area contributed by atoms with Gasteiger partial charge in [-0.25, -0.2) is 10.1 Å². The normalized spacial score (nSPS) is 11.4. The fourth-order valence-corrected chi connectivity index (χ4v) is 4.62. The second-order valence-electron chi connectivity index (χ2n) is 8.08. The van der Waals surface area contributed by atoms with Gasteiger partial charge in [-0.15, -0.1) is 5.10 Å². The number of fused-ring (bicyclic) bond motifs is 2. The number of H-pyrrole nitrogens is 1. The van der Waals surface area contributed by atoms with E-state index in [0.29, 0.717) is 39.5 Å². The summed E-state index contributed by atoms with van der Waals surface area (Å²) >= 11 is 1.49. The number of nitrogens with one attached hydrogen (secondary N) is 1. The van der Waals surface area contributed by atoms with Gasteiger partial charge in [0.05, 0.1) is 21.8 Å². The molecule has 34 heavy (non-hydrogen) atoms. The summed E-state index contributed by atoms with van der Waals surface area (Å²) in [6.45, 7) is 2.78. The number of aromatic amines is 1. The highest BCUT2D eigenvalue weighted by molar-refractivity contribution is 7.98. The van der Waals surface area contributed by atoms with Gasteiger partial charge < -0.3 is 4.57 Å². The average Bonchev–Trinajstić information content (AvgIpc) is 3.33. The van der Waals surface area contributed by atoms with E-state index in [4.69, 9.17) is 0 Å². The molecule has 0 aliphatic rings. The predicted molar refractivity (Wildman–Crippen MR) is 135 cm³/mol. The number of nitrogens with zero attached hydrogens (tertiary/aromatic N) is 5. The van der Waals surface area contributed by atoms with Gasteiger partial charge in [-0.05, 0) is 30.2 Å². The van der Waals surface area contributed by atoms with Crippen molar-refractivity contribution in [2.45, 2.75) is 43.6 Å². The summed E-state index contributed by atoms with van der Waals surface area (Å²) in [7, 11) is 0. The fourth-order valence-electron chi connectivity index (χ4n) is 3.87. The molecule has 0 fully saturated rings. The van der Waals surface area contributed by atoms with Crippen LogP contribution in [-0.4, -0.2) is 29.3 Å². The van der Waals surface area contributed by atoms with Crippen LogP contribution in [0.4, 0.5) is 0 Å². The van der Waals surface area contributed by atoms with Crippen LogP contribution in [0.3, 0.4) is 0 Å². The smallest absolute Gasteiger partial charge is 0.266 e. The lowest BCUT2D eigenvalue weighted by Crippen LogP contribution is -2.22. The van der Waals surface area contributed by atoms with Crippen LogP contribution in [0.1, 0.15) is 31.7 Å². The Labute approximate surface area is 199 Å². The Morgan fingerprint density at radius 3 is 2.47 bits per heavy atom. The van der Waals surface area contributed by atoms with Gasteiger partial charge in [0.1, 0.15) is 0 Å². The Bertz CT molecular complexity index is 1570. The number of hydrogen-bond donors (Lipinski definition) is 1. The summed E-state index contributed by atoms with van der Waals surface area (Å²) in [5.41, 5.74) is 1.86. The molecule has 0 saturated heterocycles. The fraction of sp³-hybridized carbons (Fsp3) is 0.240. The molecule has 0 atom stereocenters. The van der Waals surface area contributed by atoms with Crippen LogP contribution in [-0.2, 0) is 12.3 Å². The molecule has 0 bridgehead atoms. The molecule has 1 N–H and O–H groups in total. The topological polar surface area (TPSA) is 98.5 Å². The lowest BCUT2D eigenvalue weighted by molar-refractivity contribution is 0.590. The van der Waals surface area contributed by atoms with Crippen LogP contribution in [0.2, 0.25) is 0 Å². The second-order valence-corrected chi connectivity index (χ2v) is 9.02. The number of pyridine rings is 3. The Hall–Kier alpha value is -3.72. The van der Waals surface area contributed by atoms with Crippen LogP contribution >= 0.6 is 11.8 Å². The number of rotatable bonds is 8. The molecule has 4 aromatic heterocycles. The molecule has 5 aromatic rings. The molecule has 8 nitrogen and oxygen atoms in total. The van der Waals surface area contributed by atoms with E-state index in [9.17, 15) is 9.59 Å². The van der Waals surface area contributed by atoms with Gasteiger partial charge in [-0.2, -0.15) is 4.98 Å². The standard InChI is InChI=1S/C25H24N6O2S/c1-2-3-7-12-30-13-10-20-18(22(30)32)15-19-21(26-20)11-14-31(23(19)33)24-27-25(29-28-24)34-16-17-8-5-4-6-9-17/h4-6,8-11,13-15H,2-3,7,12,16H2,1H3,(H,27,28,29). The van der Waals surface area contributed by atoms with E-state index in [-0.39, 0.29) is 11.1 Å². The maximum atomic E-state index is 13.3. The van der Waals surface area contributed by atoms with E-state index in [1.807, 2.05) is 36.4 Å². The number of aryl methyl sites for hydroxylation is 1. The molecule has 0 saturated carbocycles. The van der Waals surface area contributed by atoms with Gasteiger partial charge in [0.15, 0.2) is 0 Å². The molecular formula is C25H24N6O2S. The largest absolute Gasteiger partial charge is 0.315 e. The second kappa shape index (κ2) is 9.64. The summed E-state index contributed by atoms with van der Waals surface area (Å²) in [5, 5.41) is 8.45. The Morgan fingerprint density at radius 1 is 0.912 bits per heavy atom. The molecule has 1 aromatic carbocycles. The zero-order valence-electron chi connectivity index (χ0n) is 18.8. The maximum absolute atomic E-state index is 13.3. The first-order valence-electron chi connectivity index (χ1n) is 11.3. The molecule has 0 aliphatic carbocycles. The summed E-state index contributed by atoms with van der Waals surface area (Å²) in [5.74, 6) is 1.05. The van der Waals surface area contributed by atoms with Gasteiger partial charge in [0, 0.05) is 24.7 Å². The van der Waals surface area contributed by atoms with Crippen molar-refractivity contribution in [2.75, 3.05) is 0 Å². The lowest BCUT2D eigenvalue weighted by atomic mass is 10.2. The molecule has 5 rings (SSSR count). The van der Waals surface area contributed by atoms with Crippen LogP contribution in [0, 0.1) is 0 Å². The van der Waals surface area contributed by atoms with Crippen molar-refractivity contribution in [3.8, 4) is 5.95 Å². The zero-order valence-corrected chi connectivity index (χ0v) is 19.6. The van der Waals surface area contributed by atoms with E-state index in [1.165, 1.54) is 21.9 Å². The minimum atomic E-state index is -0.302. The SMILES string of the molecule is CCCCCn1ccc2nc3ccn(-c4nc(SCc5ccccc5)n[nH]4)c(=O)c3cc2c1=O. The minimum Gasteiger partial charge on any atom is -0.315 e. The van der Waals surface area contributed by atoms with Crippen molar-refractivity contribution >= 4 is 33.6 Å². The molecule has 4 heterocycles. The van der Waals surface area contributed by atoms with Gasteiger partial charge in [-0.3, -0.25) is 14.2 Å². The van der Waals surface area contributed by atoms with Crippen LogP contribution in [0.15, 0.2) is 75.7 Å². The zero-order chi connectivity index (χ0) is 23.5. The molecule has 0 amide bonds. The highest BCUT2D eigenvalue weighted by atomic mass is 32.2. The predicted octanol–water partition coefficient (Wildman–Crippen LogP) is 4.30. The van der Waals surface area contributed by atoms with Crippen LogP contribution < -0.4 is 11.1 Å². The van der Waals surface area contributed by atoms with Gasteiger partial charge in [-0.1, -0.05) is 61.9 Å². The van der Waals surface area contributed by atoms with Crippen molar-refractivity contribution in [1.29, 1.82) is 0 Å².